The molecule has 0 spiro atoms. The van der Waals surface area contributed by atoms with Crippen LogP contribution in [0.2, 0.25) is 0 Å². The van der Waals surface area contributed by atoms with Crippen molar-refractivity contribution in [1.29, 1.82) is 0 Å². The number of sulfone groups is 1. The Hall–Kier alpha value is -1.23. The van der Waals surface area contributed by atoms with Crippen LogP contribution >= 0.6 is 0 Å². The third-order valence-electron chi connectivity index (χ3n) is 3.64. The molecule has 5 heteroatoms. The second-order valence-corrected chi connectivity index (χ2v) is 7.73. The lowest BCUT2D eigenvalue weighted by molar-refractivity contribution is 0.157. The summed E-state index contributed by atoms with van der Waals surface area (Å²) in [6, 6.07) is 5.67. The number of benzene rings is 1. The van der Waals surface area contributed by atoms with Crippen LogP contribution in [0.3, 0.4) is 0 Å². The van der Waals surface area contributed by atoms with Crippen LogP contribution in [0.1, 0.15) is 31.2 Å². The number of nitrogen functional groups attached to an aromatic ring is 1. The van der Waals surface area contributed by atoms with Gasteiger partial charge in [-0.3, -0.25) is 0 Å². The van der Waals surface area contributed by atoms with E-state index in [1.165, 1.54) is 6.26 Å². The van der Waals surface area contributed by atoms with Gasteiger partial charge in [0.2, 0.25) is 0 Å². The van der Waals surface area contributed by atoms with E-state index in [4.69, 9.17) is 10.5 Å². The Balaban J connectivity index is 2.07. The van der Waals surface area contributed by atoms with Crippen LogP contribution in [0.15, 0.2) is 18.2 Å². The number of anilines is 1. The third kappa shape index (κ3) is 3.62. The number of hydrogen-bond acceptors (Lipinski definition) is 4. The maximum absolute atomic E-state index is 11.6. The second kappa shape index (κ2) is 5.41. The Morgan fingerprint density at radius 2 is 2.05 bits per heavy atom. The molecular formula is C14H21NO3S. The summed E-state index contributed by atoms with van der Waals surface area (Å²) in [7, 11) is -2.98. The SMILES string of the molecule is Cc1ccc(OC2CCCC(S(C)(=O)=O)C2)c(N)c1. The first-order chi connectivity index (χ1) is 8.86. The summed E-state index contributed by atoms with van der Waals surface area (Å²) in [5.74, 6) is 0.657. The smallest absolute Gasteiger partial charge is 0.150 e. The molecule has 0 saturated heterocycles. The van der Waals surface area contributed by atoms with Crippen molar-refractivity contribution in [3.63, 3.8) is 0 Å². The van der Waals surface area contributed by atoms with Gasteiger partial charge in [0.25, 0.3) is 0 Å². The first-order valence-electron chi connectivity index (χ1n) is 6.58. The summed E-state index contributed by atoms with van der Waals surface area (Å²) in [5, 5.41) is -0.280. The van der Waals surface area contributed by atoms with E-state index in [-0.39, 0.29) is 11.4 Å². The molecule has 0 aromatic heterocycles. The van der Waals surface area contributed by atoms with Gasteiger partial charge in [-0.15, -0.1) is 0 Å². The number of rotatable bonds is 3. The van der Waals surface area contributed by atoms with Crippen molar-refractivity contribution in [3.8, 4) is 5.75 Å². The molecule has 1 aliphatic rings. The van der Waals surface area contributed by atoms with Crippen molar-refractivity contribution in [2.75, 3.05) is 12.0 Å². The van der Waals surface area contributed by atoms with E-state index in [1.54, 1.807) is 0 Å². The Labute approximate surface area is 114 Å². The number of nitrogens with two attached hydrogens (primary N) is 1. The van der Waals surface area contributed by atoms with Gasteiger partial charge in [0, 0.05) is 12.7 Å². The lowest BCUT2D eigenvalue weighted by Crippen LogP contribution is -2.33. The van der Waals surface area contributed by atoms with Gasteiger partial charge in [-0.25, -0.2) is 8.42 Å². The number of aryl methyl sites for hydroxylation is 1. The molecule has 1 fully saturated rings. The topological polar surface area (TPSA) is 69.4 Å². The molecule has 2 unspecified atom stereocenters. The van der Waals surface area contributed by atoms with Gasteiger partial charge in [0.15, 0.2) is 0 Å². The van der Waals surface area contributed by atoms with Crippen molar-refractivity contribution >= 4 is 15.5 Å². The zero-order chi connectivity index (χ0) is 14.0. The standard InChI is InChI=1S/C14H21NO3S/c1-10-6-7-14(13(15)8-10)18-11-4-3-5-12(9-11)19(2,16)17/h6-8,11-12H,3-5,9,15H2,1-2H3. The Bertz CT molecular complexity index is 554. The largest absolute Gasteiger partial charge is 0.488 e. The van der Waals surface area contributed by atoms with Gasteiger partial charge in [0.1, 0.15) is 21.7 Å². The summed E-state index contributed by atoms with van der Waals surface area (Å²) in [6.45, 7) is 1.97. The van der Waals surface area contributed by atoms with Crippen LogP contribution in [0.25, 0.3) is 0 Å². The minimum absolute atomic E-state index is 0.0570. The van der Waals surface area contributed by atoms with Crippen LogP contribution in [-0.4, -0.2) is 26.0 Å². The summed E-state index contributed by atoms with van der Waals surface area (Å²) in [5.41, 5.74) is 7.61. The zero-order valence-corrected chi connectivity index (χ0v) is 12.2. The highest BCUT2D eigenvalue weighted by atomic mass is 32.2. The maximum Gasteiger partial charge on any atom is 0.150 e. The van der Waals surface area contributed by atoms with Crippen molar-refractivity contribution in [2.24, 2.45) is 0 Å². The Morgan fingerprint density at radius 1 is 1.32 bits per heavy atom. The van der Waals surface area contributed by atoms with Crippen molar-refractivity contribution in [1.82, 2.24) is 0 Å². The molecule has 0 bridgehead atoms. The monoisotopic (exact) mass is 283 g/mol. The molecular weight excluding hydrogens is 262 g/mol. The van der Waals surface area contributed by atoms with Gasteiger partial charge in [-0.05, 0) is 43.9 Å². The minimum atomic E-state index is -2.98. The second-order valence-electron chi connectivity index (χ2n) is 5.40. The maximum atomic E-state index is 11.6. The highest BCUT2D eigenvalue weighted by Gasteiger charge is 2.30. The fourth-order valence-electron chi connectivity index (χ4n) is 2.55. The summed E-state index contributed by atoms with van der Waals surface area (Å²) in [6.07, 6.45) is 4.32. The van der Waals surface area contributed by atoms with Gasteiger partial charge in [-0.1, -0.05) is 6.07 Å². The molecule has 2 atom stereocenters. The first-order valence-corrected chi connectivity index (χ1v) is 8.53. The molecule has 0 amide bonds. The highest BCUT2D eigenvalue weighted by Crippen LogP contribution is 2.30. The van der Waals surface area contributed by atoms with Gasteiger partial charge in [-0.2, -0.15) is 0 Å². The summed E-state index contributed by atoms with van der Waals surface area (Å²) < 4.78 is 29.1. The molecule has 1 aliphatic carbocycles. The normalized spacial score (nSPS) is 24.1. The van der Waals surface area contributed by atoms with E-state index in [0.29, 0.717) is 17.9 Å². The average Bonchev–Trinajstić information content (AvgIpc) is 2.32. The van der Waals surface area contributed by atoms with E-state index in [0.717, 1.165) is 24.8 Å². The Morgan fingerprint density at radius 3 is 2.68 bits per heavy atom. The molecule has 0 radical (unpaired) electrons. The fraction of sp³-hybridized carbons (Fsp3) is 0.571. The quantitative estimate of drug-likeness (QED) is 0.864. The lowest BCUT2D eigenvalue weighted by atomic mass is 9.97. The minimum Gasteiger partial charge on any atom is -0.488 e. The summed E-state index contributed by atoms with van der Waals surface area (Å²) >= 11 is 0. The molecule has 0 aliphatic heterocycles. The molecule has 2 rings (SSSR count). The van der Waals surface area contributed by atoms with Crippen LogP contribution in [-0.2, 0) is 9.84 Å². The summed E-state index contributed by atoms with van der Waals surface area (Å²) in [4.78, 5) is 0. The van der Waals surface area contributed by atoms with E-state index in [1.807, 2.05) is 25.1 Å². The molecule has 1 saturated carbocycles. The van der Waals surface area contributed by atoms with E-state index >= 15 is 0 Å². The molecule has 0 heterocycles. The molecule has 19 heavy (non-hydrogen) atoms. The van der Waals surface area contributed by atoms with Crippen molar-refractivity contribution < 1.29 is 13.2 Å². The average molecular weight is 283 g/mol. The van der Waals surface area contributed by atoms with Gasteiger partial charge >= 0.3 is 0 Å². The molecule has 1 aromatic rings. The molecule has 2 N–H and O–H groups in total. The van der Waals surface area contributed by atoms with Crippen LogP contribution in [0, 0.1) is 6.92 Å². The zero-order valence-electron chi connectivity index (χ0n) is 11.4. The third-order valence-corrected chi connectivity index (χ3v) is 5.28. The van der Waals surface area contributed by atoms with E-state index in [2.05, 4.69) is 0 Å². The van der Waals surface area contributed by atoms with E-state index in [9.17, 15) is 8.42 Å². The lowest BCUT2D eigenvalue weighted by Gasteiger charge is -2.29. The van der Waals surface area contributed by atoms with E-state index < -0.39 is 9.84 Å². The molecule has 1 aromatic carbocycles. The Kier molecular flexibility index (Phi) is 4.04. The first kappa shape index (κ1) is 14.2. The predicted octanol–water partition coefficient (Wildman–Crippen LogP) is 2.31. The van der Waals surface area contributed by atoms with Crippen LogP contribution < -0.4 is 10.5 Å². The van der Waals surface area contributed by atoms with Crippen molar-refractivity contribution in [3.05, 3.63) is 23.8 Å². The van der Waals surface area contributed by atoms with Gasteiger partial charge < -0.3 is 10.5 Å². The highest BCUT2D eigenvalue weighted by molar-refractivity contribution is 7.91. The van der Waals surface area contributed by atoms with Crippen LogP contribution in [0.5, 0.6) is 5.75 Å². The predicted molar refractivity (Wildman–Crippen MR) is 77.1 cm³/mol. The number of ether oxygens (including phenoxy) is 1. The molecule has 106 valence electrons. The molecule has 4 nitrogen and oxygen atoms in total. The number of hydrogen-bond donors (Lipinski definition) is 1. The van der Waals surface area contributed by atoms with Gasteiger partial charge in [0.05, 0.1) is 10.9 Å². The van der Waals surface area contributed by atoms with Crippen molar-refractivity contribution in [2.45, 2.75) is 44.0 Å². The van der Waals surface area contributed by atoms with Crippen LogP contribution in [0.4, 0.5) is 5.69 Å². The fourth-order valence-corrected chi connectivity index (χ4v) is 3.71.